The van der Waals surface area contributed by atoms with Crippen LogP contribution in [0.15, 0.2) is 47.6 Å². The number of hydrazone groups is 1. The number of hydrogen-bond donors (Lipinski definition) is 2. The summed E-state index contributed by atoms with van der Waals surface area (Å²) >= 11 is 0. The molecule has 25 heavy (non-hydrogen) atoms. The van der Waals surface area contributed by atoms with Gasteiger partial charge in [-0.1, -0.05) is 38.1 Å². The number of hydrogen-bond acceptors (Lipinski definition) is 4. The van der Waals surface area contributed by atoms with Crippen LogP contribution in [0.4, 0.5) is 5.69 Å². The van der Waals surface area contributed by atoms with E-state index in [0.717, 1.165) is 22.4 Å². The SMILES string of the molecule is C/C(=N\NC(=O)COc1cc(C)ccc1C(C)C)c1ccc(N)cc1. The van der Waals surface area contributed by atoms with Gasteiger partial charge in [0.2, 0.25) is 0 Å². The molecule has 0 atom stereocenters. The number of carbonyl (C=O) groups is 1. The van der Waals surface area contributed by atoms with Gasteiger partial charge in [-0.15, -0.1) is 0 Å². The second kappa shape index (κ2) is 8.33. The molecule has 0 aliphatic carbocycles. The van der Waals surface area contributed by atoms with Crippen LogP contribution in [0, 0.1) is 6.92 Å². The van der Waals surface area contributed by atoms with E-state index in [1.807, 2.05) is 44.2 Å². The first-order chi connectivity index (χ1) is 11.9. The van der Waals surface area contributed by atoms with Crippen molar-refractivity contribution in [1.29, 1.82) is 0 Å². The molecule has 2 rings (SSSR count). The monoisotopic (exact) mass is 339 g/mol. The number of rotatable bonds is 6. The van der Waals surface area contributed by atoms with Gasteiger partial charge in [-0.25, -0.2) is 5.43 Å². The summed E-state index contributed by atoms with van der Waals surface area (Å²) in [6.45, 7) is 7.93. The lowest BCUT2D eigenvalue weighted by atomic mass is 10.0. The molecule has 0 aliphatic rings. The van der Waals surface area contributed by atoms with Crippen molar-refractivity contribution in [3.63, 3.8) is 0 Å². The minimum absolute atomic E-state index is 0.0817. The molecule has 0 heterocycles. The lowest BCUT2D eigenvalue weighted by molar-refractivity contribution is -0.123. The molecule has 0 saturated heterocycles. The summed E-state index contributed by atoms with van der Waals surface area (Å²) in [6, 6.07) is 13.3. The summed E-state index contributed by atoms with van der Waals surface area (Å²) in [5.41, 5.74) is 12.6. The van der Waals surface area contributed by atoms with Crippen LogP contribution >= 0.6 is 0 Å². The van der Waals surface area contributed by atoms with Crippen molar-refractivity contribution < 1.29 is 9.53 Å². The molecule has 5 nitrogen and oxygen atoms in total. The molecular formula is C20H25N3O2. The van der Waals surface area contributed by atoms with E-state index in [2.05, 4.69) is 24.4 Å². The van der Waals surface area contributed by atoms with Crippen LogP contribution < -0.4 is 15.9 Å². The molecule has 5 heteroatoms. The van der Waals surface area contributed by atoms with Crippen molar-refractivity contribution in [2.45, 2.75) is 33.6 Å². The zero-order valence-corrected chi connectivity index (χ0v) is 15.2. The number of benzene rings is 2. The molecule has 2 aromatic carbocycles. The van der Waals surface area contributed by atoms with Gasteiger partial charge in [0, 0.05) is 5.69 Å². The third kappa shape index (κ3) is 5.35. The van der Waals surface area contributed by atoms with Gasteiger partial charge in [0.15, 0.2) is 6.61 Å². The van der Waals surface area contributed by atoms with Crippen LogP contribution in [0.3, 0.4) is 0 Å². The number of anilines is 1. The molecule has 0 bridgehead atoms. The average molecular weight is 339 g/mol. The highest BCUT2D eigenvalue weighted by Crippen LogP contribution is 2.27. The maximum atomic E-state index is 12.0. The van der Waals surface area contributed by atoms with Gasteiger partial charge in [-0.3, -0.25) is 4.79 Å². The molecule has 0 saturated carbocycles. The van der Waals surface area contributed by atoms with Crippen molar-refractivity contribution in [2.75, 3.05) is 12.3 Å². The Morgan fingerprint density at radius 3 is 2.52 bits per heavy atom. The van der Waals surface area contributed by atoms with Crippen LogP contribution in [0.2, 0.25) is 0 Å². The van der Waals surface area contributed by atoms with Gasteiger partial charge >= 0.3 is 0 Å². The van der Waals surface area contributed by atoms with Crippen molar-refractivity contribution in [1.82, 2.24) is 5.43 Å². The van der Waals surface area contributed by atoms with Crippen LogP contribution in [0.5, 0.6) is 5.75 Å². The van der Waals surface area contributed by atoms with E-state index in [-0.39, 0.29) is 12.5 Å². The number of nitrogen functional groups attached to an aromatic ring is 1. The molecule has 0 fully saturated rings. The zero-order chi connectivity index (χ0) is 18.4. The summed E-state index contributed by atoms with van der Waals surface area (Å²) in [5, 5.41) is 4.11. The van der Waals surface area contributed by atoms with Gasteiger partial charge in [0.1, 0.15) is 5.75 Å². The van der Waals surface area contributed by atoms with E-state index in [0.29, 0.717) is 17.3 Å². The highest BCUT2D eigenvalue weighted by atomic mass is 16.5. The van der Waals surface area contributed by atoms with Gasteiger partial charge in [0.05, 0.1) is 5.71 Å². The number of aryl methyl sites for hydroxylation is 1. The molecule has 0 unspecified atom stereocenters. The van der Waals surface area contributed by atoms with Crippen molar-refractivity contribution in [2.24, 2.45) is 5.10 Å². The van der Waals surface area contributed by atoms with Crippen LogP contribution in [0.1, 0.15) is 43.4 Å². The molecule has 0 radical (unpaired) electrons. The summed E-state index contributed by atoms with van der Waals surface area (Å²) in [6.07, 6.45) is 0. The third-order valence-electron chi connectivity index (χ3n) is 3.83. The number of nitrogens with zero attached hydrogens (tertiary/aromatic N) is 1. The first kappa shape index (κ1) is 18.5. The lowest BCUT2D eigenvalue weighted by Crippen LogP contribution is -2.26. The van der Waals surface area contributed by atoms with Crippen LogP contribution in [0.25, 0.3) is 0 Å². The van der Waals surface area contributed by atoms with Crippen molar-refractivity contribution >= 4 is 17.3 Å². The van der Waals surface area contributed by atoms with E-state index in [1.165, 1.54) is 0 Å². The quantitative estimate of drug-likeness (QED) is 0.479. The number of amides is 1. The maximum Gasteiger partial charge on any atom is 0.277 e. The Bertz CT molecular complexity index is 765. The molecule has 1 amide bonds. The number of ether oxygens (including phenoxy) is 1. The first-order valence-corrected chi connectivity index (χ1v) is 8.29. The Labute approximate surface area is 148 Å². The molecule has 0 spiro atoms. The van der Waals surface area contributed by atoms with Crippen LogP contribution in [-0.2, 0) is 4.79 Å². The van der Waals surface area contributed by atoms with E-state index in [4.69, 9.17) is 10.5 Å². The first-order valence-electron chi connectivity index (χ1n) is 8.29. The fourth-order valence-electron chi connectivity index (χ4n) is 2.35. The Balaban J connectivity index is 1.96. The Kier molecular flexibility index (Phi) is 6.17. The van der Waals surface area contributed by atoms with Gasteiger partial charge in [0.25, 0.3) is 5.91 Å². The van der Waals surface area contributed by atoms with Gasteiger partial charge in [-0.05, 0) is 54.7 Å². The van der Waals surface area contributed by atoms with Crippen molar-refractivity contribution in [3.8, 4) is 5.75 Å². The summed E-state index contributed by atoms with van der Waals surface area (Å²) < 4.78 is 5.70. The summed E-state index contributed by atoms with van der Waals surface area (Å²) in [4.78, 5) is 12.0. The van der Waals surface area contributed by atoms with Gasteiger partial charge < -0.3 is 10.5 Å². The standard InChI is InChI=1S/C20H25N3O2/c1-13(2)18-10-5-14(3)11-19(18)25-12-20(24)23-22-15(4)16-6-8-17(21)9-7-16/h5-11,13H,12,21H2,1-4H3,(H,23,24)/b22-15+. The van der Waals surface area contributed by atoms with Crippen LogP contribution in [-0.4, -0.2) is 18.2 Å². The molecule has 0 aliphatic heterocycles. The predicted octanol–water partition coefficient (Wildman–Crippen LogP) is 3.62. The Hall–Kier alpha value is -2.82. The number of nitrogens with two attached hydrogens (primary N) is 1. The van der Waals surface area contributed by atoms with E-state index < -0.39 is 0 Å². The molecular weight excluding hydrogens is 314 g/mol. The van der Waals surface area contributed by atoms with E-state index >= 15 is 0 Å². The van der Waals surface area contributed by atoms with E-state index in [1.54, 1.807) is 12.1 Å². The fraction of sp³-hybridized carbons (Fsp3) is 0.300. The van der Waals surface area contributed by atoms with Crippen molar-refractivity contribution in [3.05, 3.63) is 59.2 Å². The average Bonchev–Trinajstić information content (AvgIpc) is 2.58. The predicted molar refractivity (Wildman–Crippen MR) is 102 cm³/mol. The lowest BCUT2D eigenvalue weighted by Gasteiger charge is -2.14. The zero-order valence-electron chi connectivity index (χ0n) is 15.2. The molecule has 3 N–H and O–H groups in total. The number of carbonyl (C=O) groups excluding carboxylic acids is 1. The largest absolute Gasteiger partial charge is 0.483 e. The highest BCUT2D eigenvalue weighted by Gasteiger charge is 2.10. The topological polar surface area (TPSA) is 76.7 Å². The number of nitrogens with one attached hydrogen (secondary N) is 1. The minimum atomic E-state index is -0.300. The van der Waals surface area contributed by atoms with E-state index in [9.17, 15) is 4.79 Å². The fourth-order valence-corrected chi connectivity index (χ4v) is 2.35. The maximum absolute atomic E-state index is 12.0. The smallest absolute Gasteiger partial charge is 0.277 e. The Morgan fingerprint density at radius 2 is 1.88 bits per heavy atom. The highest BCUT2D eigenvalue weighted by molar-refractivity contribution is 5.99. The second-order valence-corrected chi connectivity index (χ2v) is 6.34. The summed E-state index contributed by atoms with van der Waals surface area (Å²) in [5.74, 6) is 0.764. The Morgan fingerprint density at radius 1 is 1.20 bits per heavy atom. The third-order valence-corrected chi connectivity index (χ3v) is 3.83. The second-order valence-electron chi connectivity index (χ2n) is 6.34. The molecule has 132 valence electrons. The normalized spacial score (nSPS) is 11.5. The summed E-state index contributed by atoms with van der Waals surface area (Å²) in [7, 11) is 0. The molecule has 0 aromatic heterocycles. The minimum Gasteiger partial charge on any atom is -0.483 e. The van der Waals surface area contributed by atoms with Gasteiger partial charge in [-0.2, -0.15) is 5.10 Å². The molecule has 2 aromatic rings.